The molecule has 3 rings (SSSR count). The average Bonchev–Trinajstić information content (AvgIpc) is 2.50. The first kappa shape index (κ1) is 14.1. The molecule has 0 unspecified atom stereocenters. The van der Waals surface area contributed by atoms with Crippen molar-refractivity contribution in [3.8, 4) is 0 Å². The Kier molecular flexibility index (Phi) is 3.95. The predicted octanol–water partition coefficient (Wildman–Crippen LogP) is 4.46. The van der Waals surface area contributed by atoms with Crippen molar-refractivity contribution in [1.82, 2.24) is 4.98 Å². The molecule has 106 valence electrons. The first-order chi connectivity index (χ1) is 10.2. The van der Waals surface area contributed by atoms with Crippen LogP contribution in [0.4, 0.5) is 0 Å². The van der Waals surface area contributed by atoms with Gasteiger partial charge in [-0.15, -0.1) is 0 Å². The van der Waals surface area contributed by atoms with Crippen LogP contribution in [0.3, 0.4) is 0 Å². The van der Waals surface area contributed by atoms with Crippen molar-refractivity contribution in [3.63, 3.8) is 0 Å². The highest BCUT2D eigenvalue weighted by molar-refractivity contribution is 7.99. The Balaban J connectivity index is 2.04. The van der Waals surface area contributed by atoms with E-state index in [4.69, 9.17) is 10.7 Å². The van der Waals surface area contributed by atoms with E-state index in [0.29, 0.717) is 6.54 Å². The van der Waals surface area contributed by atoms with Crippen LogP contribution in [0, 0.1) is 13.8 Å². The number of fused-ring (bicyclic) bond motifs is 1. The van der Waals surface area contributed by atoms with Gasteiger partial charge in [0.15, 0.2) is 0 Å². The Hall–Kier alpha value is -1.84. The second-order valence-electron chi connectivity index (χ2n) is 5.20. The molecule has 0 bridgehead atoms. The fourth-order valence-electron chi connectivity index (χ4n) is 2.27. The van der Waals surface area contributed by atoms with Crippen LogP contribution in [0.25, 0.3) is 10.9 Å². The number of pyridine rings is 1. The molecule has 0 aliphatic heterocycles. The van der Waals surface area contributed by atoms with E-state index in [1.807, 2.05) is 18.2 Å². The lowest BCUT2D eigenvalue weighted by Gasteiger charge is -2.10. The van der Waals surface area contributed by atoms with Crippen molar-refractivity contribution in [1.29, 1.82) is 0 Å². The normalized spacial score (nSPS) is 11.0. The lowest BCUT2D eigenvalue weighted by molar-refractivity contribution is 0.981. The minimum absolute atomic E-state index is 0.505. The number of nitrogens with zero attached hydrogens (tertiary/aromatic N) is 1. The number of benzene rings is 2. The molecule has 2 aromatic carbocycles. The van der Waals surface area contributed by atoms with E-state index in [-0.39, 0.29) is 0 Å². The van der Waals surface area contributed by atoms with Crippen molar-refractivity contribution in [2.45, 2.75) is 30.3 Å². The first-order valence-electron chi connectivity index (χ1n) is 7.01. The summed E-state index contributed by atoms with van der Waals surface area (Å²) in [7, 11) is 0. The zero-order valence-corrected chi connectivity index (χ0v) is 13.1. The van der Waals surface area contributed by atoms with Crippen LogP contribution in [0.5, 0.6) is 0 Å². The highest BCUT2D eigenvalue weighted by Gasteiger charge is 2.08. The molecule has 1 aromatic heterocycles. The van der Waals surface area contributed by atoms with Gasteiger partial charge < -0.3 is 5.73 Å². The molecule has 1 heterocycles. The SMILES string of the molecule is Cc1ccc(Sc2nc3ccccc3cc2CN)cc1C. The minimum atomic E-state index is 0.505. The quantitative estimate of drug-likeness (QED) is 0.775. The molecular weight excluding hydrogens is 276 g/mol. The van der Waals surface area contributed by atoms with E-state index < -0.39 is 0 Å². The van der Waals surface area contributed by atoms with Gasteiger partial charge in [0.1, 0.15) is 5.03 Å². The lowest BCUT2D eigenvalue weighted by atomic mass is 10.1. The standard InChI is InChI=1S/C18H18N2S/c1-12-7-8-16(9-13(12)2)21-18-15(11-19)10-14-5-3-4-6-17(14)20-18/h3-10H,11,19H2,1-2H3. The zero-order valence-electron chi connectivity index (χ0n) is 12.3. The summed E-state index contributed by atoms with van der Waals surface area (Å²) < 4.78 is 0. The molecule has 0 fully saturated rings. The van der Waals surface area contributed by atoms with Crippen molar-refractivity contribution < 1.29 is 0 Å². The fourth-order valence-corrected chi connectivity index (χ4v) is 3.28. The molecule has 0 saturated carbocycles. The number of rotatable bonds is 3. The summed E-state index contributed by atoms with van der Waals surface area (Å²) in [6, 6.07) is 16.8. The maximum atomic E-state index is 5.90. The van der Waals surface area contributed by atoms with Gasteiger partial charge in [0.25, 0.3) is 0 Å². The average molecular weight is 294 g/mol. The summed E-state index contributed by atoms with van der Waals surface area (Å²) in [5, 5.41) is 2.14. The van der Waals surface area contributed by atoms with Crippen LogP contribution >= 0.6 is 11.8 Å². The molecule has 3 heteroatoms. The lowest BCUT2D eigenvalue weighted by Crippen LogP contribution is -2.00. The molecule has 0 amide bonds. The number of para-hydroxylation sites is 1. The van der Waals surface area contributed by atoms with Gasteiger partial charge in [0.2, 0.25) is 0 Å². The molecule has 0 atom stereocenters. The molecule has 0 radical (unpaired) electrons. The highest BCUT2D eigenvalue weighted by atomic mass is 32.2. The topological polar surface area (TPSA) is 38.9 Å². The van der Waals surface area contributed by atoms with Gasteiger partial charge in [-0.25, -0.2) is 4.98 Å². The number of aryl methyl sites for hydroxylation is 2. The molecule has 3 aromatic rings. The van der Waals surface area contributed by atoms with Gasteiger partial charge in [0, 0.05) is 16.8 Å². The van der Waals surface area contributed by atoms with Gasteiger partial charge in [-0.05, 0) is 54.8 Å². The van der Waals surface area contributed by atoms with Gasteiger partial charge in [-0.2, -0.15) is 0 Å². The fraction of sp³-hybridized carbons (Fsp3) is 0.167. The Morgan fingerprint density at radius 2 is 1.81 bits per heavy atom. The molecule has 0 saturated heterocycles. The van der Waals surface area contributed by atoms with Crippen LogP contribution in [0.15, 0.2) is 58.5 Å². The number of hydrogen-bond acceptors (Lipinski definition) is 3. The van der Waals surface area contributed by atoms with Crippen LogP contribution in [-0.4, -0.2) is 4.98 Å². The van der Waals surface area contributed by atoms with Gasteiger partial charge >= 0.3 is 0 Å². The largest absolute Gasteiger partial charge is 0.326 e. The third kappa shape index (κ3) is 2.94. The highest BCUT2D eigenvalue weighted by Crippen LogP contribution is 2.31. The third-order valence-corrected chi connectivity index (χ3v) is 4.71. The molecular formula is C18H18N2S. The second-order valence-corrected chi connectivity index (χ2v) is 6.26. The van der Waals surface area contributed by atoms with Crippen molar-refractivity contribution in [3.05, 3.63) is 65.2 Å². The molecule has 2 nitrogen and oxygen atoms in total. The van der Waals surface area contributed by atoms with Gasteiger partial charge in [-0.3, -0.25) is 0 Å². The summed E-state index contributed by atoms with van der Waals surface area (Å²) in [4.78, 5) is 5.98. The Morgan fingerprint density at radius 3 is 2.57 bits per heavy atom. The Morgan fingerprint density at radius 1 is 1.00 bits per heavy atom. The number of nitrogens with two attached hydrogens (primary N) is 1. The third-order valence-electron chi connectivity index (χ3n) is 3.68. The van der Waals surface area contributed by atoms with Gasteiger partial charge in [0.05, 0.1) is 5.52 Å². The van der Waals surface area contributed by atoms with Crippen molar-refractivity contribution >= 4 is 22.7 Å². The summed E-state index contributed by atoms with van der Waals surface area (Å²) in [6.07, 6.45) is 0. The summed E-state index contributed by atoms with van der Waals surface area (Å²) in [6.45, 7) is 4.77. The minimum Gasteiger partial charge on any atom is -0.326 e. The maximum Gasteiger partial charge on any atom is 0.106 e. The van der Waals surface area contributed by atoms with Crippen LogP contribution in [-0.2, 0) is 6.54 Å². The molecule has 0 aliphatic rings. The summed E-state index contributed by atoms with van der Waals surface area (Å²) in [5.41, 5.74) is 10.6. The van der Waals surface area contributed by atoms with E-state index in [1.165, 1.54) is 16.0 Å². The monoisotopic (exact) mass is 294 g/mol. The summed E-state index contributed by atoms with van der Waals surface area (Å²) >= 11 is 1.69. The number of hydrogen-bond donors (Lipinski definition) is 1. The van der Waals surface area contributed by atoms with E-state index in [9.17, 15) is 0 Å². The maximum absolute atomic E-state index is 5.90. The van der Waals surface area contributed by atoms with Crippen molar-refractivity contribution in [2.75, 3.05) is 0 Å². The van der Waals surface area contributed by atoms with E-state index in [0.717, 1.165) is 21.5 Å². The van der Waals surface area contributed by atoms with E-state index in [2.05, 4.69) is 44.2 Å². The second kappa shape index (κ2) is 5.88. The van der Waals surface area contributed by atoms with E-state index in [1.54, 1.807) is 11.8 Å². The molecule has 21 heavy (non-hydrogen) atoms. The van der Waals surface area contributed by atoms with Gasteiger partial charge in [-0.1, -0.05) is 36.0 Å². The van der Waals surface area contributed by atoms with E-state index >= 15 is 0 Å². The van der Waals surface area contributed by atoms with Crippen LogP contribution in [0.1, 0.15) is 16.7 Å². The first-order valence-corrected chi connectivity index (χ1v) is 7.83. The molecule has 0 spiro atoms. The van der Waals surface area contributed by atoms with Crippen LogP contribution in [0.2, 0.25) is 0 Å². The van der Waals surface area contributed by atoms with Crippen LogP contribution < -0.4 is 5.73 Å². The Labute approximate surface area is 129 Å². The smallest absolute Gasteiger partial charge is 0.106 e. The van der Waals surface area contributed by atoms with Crippen molar-refractivity contribution in [2.24, 2.45) is 5.73 Å². The zero-order chi connectivity index (χ0) is 14.8. The Bertz CT molecular complexity index is 796. The molecule has 0 aliphatic carbocycles. The predicted molar refractivity (Wildman–Crippen MR) is 89.7 cm³/mol. The summed E-state index contributed by atoms with van der Waals surface area (Å²) in [5.74, 6) is 0. The number of aromatic nitrogens is 1. The molecule has 2 N–H and O–H groups in total.